The molecule has 3 aromatic carbocycles. The van der Waals surface area contributed by atoms with E-state index in [1.165, 1.54) is 25.1 Å². The molecule has 2 unspecified atom stereocenters. The summed E-state index contributed by atoms with van der Waals surface area (Å²) in [5, 5.41) is 16.1. The highest BCUT2D eigenvalue weighted by Crippen LogP contribution is 2.53. The fourth-order valence-electron chi connectivity index (χ4n) is 3.99. The number of hydrogen-bond acceptors (Lipinski definition) is 4. The number of carbonyl (C=O) groups excluding carboxylic acids is 1. The molecule has 4 rings (SSSR count). The lowest BCUT2D eigenvalue weighted by Crippen LogP contribution is -2.48. The first kappa shape index (κ1) is 21.5. The van der Waals surface area contributed by atoms with Crippen LogP contribution in [0.15, 0.2) is 59.8 Å². The number of oxime groups is 1. The van der Waals surface area contributed by atoms with Gasteiger partial charge in [0.1, 0.15) is 0 Å². The maximum absolute atomic E-state index is 14.4. The molecule has 1 aliphatic heterocycles. The van der Waals surface area contributed by atoms with Crippen LogP contribution in [0.1, 0.15) is 28.4 Å². The predicted octanol–water partition coefficient (Wildman–Crippen LogP) is 5.34. The SMILES string of the molecule is CC1C(c2ccc(C(=O)[O-])c3ccccc23)=NOC1(c1cc(Cl)cc(Cl)c1)C(F)(F)F. The molecule has 1 aliphatic rings. The summed E-state index contributed by atoms with van der Waals surface area (Å²) in [6, 6.07) is 12.7. The average molecular weight is 467 g/mol. The highest BCUT2D eigenvalue weighted by Gasteiger charge is 2.66. The van der Waals surface area contributed by atoms with Gasteiger partial charge in [-0.3, -0.25) is 0 Å². The maximum Gasteiger partial charge on any atom is 0.436 e. The van der Waals surface area contributed by atoms with Crippen molar-refractivity contribution in [2.45, 2.75) is 18.7 Å². The minimum Gasteiger partial charge on any atom is -0.545 e. The third-order valence-electron chi connectivity index (χ3n) is 5.44. The fourth-order valence-corrected chi connectivity index (χ4v) is 4.51. The summed E-state index contributed by atoms with van der Waals surface area (Å²) in [4.78, 5) is 16.6. The van der Waals surface area contributed by atoms with Crippen LogP contribution in [0.5, 0.6) is 0 Å². The summed E-state index contributed by atoms with van der Waals surface area (Å²) >= 11 is 11.9. The normalized spacial score (nSPS) is 21.1. The van der Waals surface area contributed by atoms with Crippen LogP contribution in [-0.2, 0) is 10.4 Å². The number of rotatable bonds is 3. The first-order chi connectivity index (χ1) is 14.6. The Morgan fingerprint density at radius 1 is 1.06 bits per heavy atom. The van der Waals surface area contributed by atoms with E-state index in [9.17, 15) is 23.1 Å². The van der Waals surface area contributed by atoms with Crippen molar-refractivity contribution in [2.24, 2.45) is 11.1 Å². The number of benzene rings is 3. The maximum atomic E-state index is 14.4. The molecular formula is C22H13Cl2F3NO3-. The van der Waals surface area contributed by atoms with Gasteiger partial charge >= 0.3 is 6.18 Å². The second-order valence-electron chi connectivity index (χ2n) is 7.17. The number of nitrogens with zero attached hydrogens (tertiary/aromatic N) is 1. The molecular weight excluding hydrogens is 454 g/mol. The monoisotopic (exact) mass is 466 g/mol. The van der Waals surface area contributed by atoms with E-state index in [1.54, 1.807) is 24.3 Å². The lowest BCUT2D eigenvalue weighted by molar-refractivity contribution is -0.287. The van der Waals surface area contributed by atoms with Crippen LogP contribution in [-0.4, -0.2) is 17.9 Å². The smallest absolute Gasteiger partial charge is 0.436 e. The number of fused-ring (bicyclic) bond motifs is 1. The molecule has 0 aromatic heterocycles. The first-order valence-electron chi connectivity index (χ1n) is 9.09. The lowest BCUT2D eigenvalue weighted by Gasteiger charge is -2.34. The average Bonchev–Trinajstić information content (AvgIpc) is 3.04. The van der Waals surface area contributed by atoms with E-state index in [1.807, 2.05) is 0 Å². The van der Waals surface area contributed by atoms with Crippen molar-refractivity contribution < 1.29 is 27.9 Å². The van der Waals surface area contributed by atoms with Crippen molar-refractivity contribution in [1.29, 1.82) is 0 Å². The molecule has 2 atom stereocenters. The summed E-state index contributed by atoms with van der Waals surface area (Å²) < 4.78 is 43.3. The summed E-state index contributed by atoms with van der Waals surface area (Å²) in [6.07, 6.45) is -4.85. The molecule has 0 aliphatic carbocycles. The number of carboxylic acids is 1. The van der Waals surface area contributed by atoms with E-state index < -0.39 is 23.7 Å². The Morgan fingerprint density at radius 2 is 1.68 bits per heavy atom. The highest BCUT2D eigenvalue weighted by atomic mass is 35.5. The zero-order valence-electron chi connectivity index (χ0n) is 15.8. The number of carbonyl (C=O) groups is 1. The van der Waals surface area contributed by atoms with E-state index in [-0.39, 0.29) is 26.9 Å². The third kappa shape index (κ3) is 3.32. The summed E-state index contributed by atoms with van der Waals surface area (Å²) in [5.41, 5.74) is -2.82. The molecule has 1 heterocycles. The van der Waals surface area contributed by atoms with Crippen molar-refractivity contribution in [1.82, 2.24) is 0 Å². The minimum absolute atomic E-state index is 0.0227. The van der Waals surface area contributed by atoms with E-state index in [2.05, 4.69) is 5.16 Å². The summed E-state index contributed by atoms with van der Waals surface area (Å²) in [6.45, 7) is 1.34. The van der Waals surface area contributed by atoms with Gasteiger partial charge in [0.25, 0.3) is 5.60 Å². The van der Waals surface area contributed by atoms with Crippen molar-refractivity contribution in [2.75, 3.05) is 0 Å². The van der Waals surface area contributed by atoms with Gasteiger partial charge in [0.05, 0.1) is 17.6 Å². The van der Waals surface area contributed by atoms with Crippen molar-refractivity contribution >= 4 is 45.7 Å². The standard InChI is InChI=1S/C22H14Cl2F3NO3/c1-11-19(17-6-7-18(20(29)30)16-5-3-2-4-15(16)17)28-31-21(11,22(25,26)27)12-8-13(23)10-14(24)9-12/h2-11H,1H3,(H,29,30)/p-1. The molecule has 0 bridgehead atoms. The predicted molar refractivity (Wildman–Crippen MR) is 109 cm³/mol. The van der Waals surface area contributed by atoms with Gasteiger partial charge in [-0.1, -0.05) is 71.7 Å². The molecule has 0 saturated heterocycles. The first-order valence-corrected chi connectivity index (χ1v) is 9.84. The Morgan fingerprint density at radius 3 is 2.26 bits per heavy atom. The van der Waals surface area contributed by atoms with Crippen LogP contribution >= 0.6 is 23.2 Å². The molecule has 0 radical (unpaired) electrons. The van der Waals surface area contributed by atoms with Crippen LogP contribution < -0.4 is 5.11 Å². The van der Waals surface area contributed by atoms with E-state index in [0.29, 0.717) is 16.3 Å². The molecule has 160 valence electrons. The zero-order chi connectivity index (χ0) is 22.6. The Balaban J connectivity index is 1.91. The second kappa shape index (κ2) is 7.43. The van der Waals surface area contributed by atoms with Gasteiger partial charge in [0.2, 0.25) is 0 Å². The molecule has 0 amide bonds. The number of aromatic carboxylic acids is 1. The van der Waals surface area contributed by atoms with E-state index >= 15 is 0 Å². The quantitative estimate of drug-likeness (QED) is 0.523. The summed E-state index contributed by atoms with van der Waals surface area (Å²) in [7, 11) is 0. The number of halogens is 5. The van der Waals surface area contributed by atoms with E-state index in [4.69, 9.17) is 28.0 Å². The summed E-state index contributed by atoms with van der Waals surface area (Å²) in [5.74, 6) is -2.68. The van der Waals surface area contributed by atoms with E-state index in [0.717, 1.165) is 12.1 Å². The van der Waals surface area contributed by atoms with Gasteiger partial charge in [-0.05, 0) is 29.0 Å². The van der Waals surface area contributed by atoms with Gasteiger partial charge < -0.3 is 14.7 Å². The van der Waals surface area contributed by atoms with Gasteiger partial charge in [0.15, 0.2) is 0 Å². The van der Waals surface area contributed by atoms with Gasteiger partial charge in [-0.25, -0.2) is 0 Å². The highest BCUT2D eigenvalue weighted by molar-refractivity contribution is 6.34. The number of hydrogen-bond donors (Lipinski definition) is 0. The van der Waals surface area contributed by atoms with Crippen molar-refractivity contribution in [3.63, 3.8) is 0 Å². The Hall–Kier alpha value is -2.77. The Labute approximate surface area is 184 Å². The molecule has 9 heteroatoms. The Bertz CT molecular complexity index is 1220. The molecule has 4 nitrogen and oxygen atoms in total. The van der Waals surface area contributed by atoms with Gasteiger partial charge in [-0.2, -0.15) is 13.2 Å². The Kier molecular flexibility index (Phi) is 5.14. The number of carboxylic acid groups (broad SMARTS) is 1. The van der Waals surface area contributed by atoms with Crippen LogP contribution in [0.25, 0.3) is 10.8 Å². The van der Waals surface area contributed by atoms with Crippen molar-refractivity contribution in [3.8, 4) is 0 Å². The molecule has 31 heavy (non-hydrogen) atoms. The van der Waals surface area contributed by atoms with Crippen LogP contribution in [0.3, 0.4) is 0 Å². The van der Waals surface area contributed by atoms with Crippen LogP contribution in [0.4, 0.5) is 13.2 Å². The largest absolute Gasteiger partial charge is 0.545 e. The van der Waals surface area contributed by atoms with Crippen LogP contribution in [0.2, 0.25) is 10.0 Å². The minimum atomic E-state index is -4.85. The number of alkyl halides is 3. The topological polar surface area (TPSA) is 61.7 Å². The van der Waals surface area contributed by atoms with Gasteiger partial charge in [-0.15, -0.1) is 0 Å². The van der Waals surface area contributed by atoms with Gasteiger partial charge in [0, 0.05) is 26.7 Å². The zero-order valence-corrected chi connectivity index (χ0v) is 17.3. The second-order valence-corrected chi connectivity index (χ2v) is 8.05. The lowest BCUT2D eigenvalue weighted by atomic mass is 9.77. The molecule has 0 spiro atoms. The van der Waals surface area contributed by atoms with Crippen molar-refractivity contribution in [3.05, 3.63) is 81.3 Å². The molecule has 0 fully saturated rings. The van der Waals surface area contributed by atoms with Crippen LogP contribution in [0, 0.1) is 5.92 Å². The fraction of sp³-hybridized carbons (Fsp3) is 0.182. The molecule has 0 N–H and O–H groups in total. The molecule has 0 saturated carbocycles. The third-order valence-corrected chi connectivity index (χ3v) is 5.88. The molecule has 3 aromatic rings.